The lowest BCUT2D eigenvalue weighted by atomic mass is 10.1. The minimum atomic E-state index is -0.529. The monoisotopic (exact) mass is 558 g/mol. The van der Waals surface area contributed by atoms with Gasteiger partial charge in [0.1, 0.15) is 23.2 Å². The molecule has 2 saturated heterocycles. The van der Waals surface area contributed by atoms with Crippen molar-refractivity contribution in [2.75, 3.05) is 41.7 Å². The number of nitrogens with zero attached hydrogens (tertiary/aromatic N) is 5. The molecule has 0 unspecified atom stereocenters. The van der Waals surface area contributed by atoms with E-state index in [-0.39, 0.29) is 24.0 Å². The normalized spacial score (nSPS) is 15.6. The van der Waals surface area contributed by atoms with Gasteiger partial charge in [-0.3, -0.25) is 0 Å². The smallest absolute Gasteiger partial charge is 0.407 e. The number of amides is 2. The van der Waals surface area contributed by atoms with Crippen molar-refractivity contribution >= 4 is 35.2 Å². The van der Waals surface area contributed by atoms with Gasteiger partial charge >= 0.3 is 18.0 Å². The molecule has 0 radical (unpaired) electrons. The van der Waals surface area contributed by atoms with Crippen LogP contribution in [0.1, 0.15) is 41.5 Å². The molecule has 2 aromatic rings. The fourth-order valence-electron chi connectivity index (χ4n) is 3.85. The highest BCUT2D eigenvalue weighted by Crippen LogP contribution is 2.24. The molecule has 2 aliphatic rings. The van der Waals surface area contributed by atoms with Gasteiger partial charge in [-0.25, -0.2) is 14.6 Å². The maximum Gasteiger partial charge on any atom is 0.407 e. The molecule has 14 heteroatoms. The zero-order chi connectivity index (χ0) is 29.7. The predicted molar refractivity (Wildman–Crippen MR) is 150 cm³/mol. The molecule has 2 aromatic heterocycles. The third kappa shape index (κ3) is 9.43. The SMILES string of the molecule is CC(C)(C)OC(=O)NC1CN(c2ccnc(N)c2)C1.CC(C)(C)OC(=O)NC1CN(c2ccnc([N+](=O)[O-])c2)C1. The van der Waals surface area contributed by atoms with E-state index in [1.807, 2.05) is 37.8 Å². The first kappa shape index (κ1) is 30.2. The quantitative estimate of drug-likeness (QED) is 0.363. The number of nitrogen functional groups attached to an aromatic ring is 1. The van der Waals surface area contributed by atoms with E-state index in [4.69, 9.17) is 15.2 Å². The number of rotatable bonds is 5. The lowest BCUT2D eigenvalue weighted by Gasteiger charge is -2.41. The topological polar surface area (TPSA) is 178 Å². The van der Waals surface area contributed by atoms with Crippen molar-refractivity contribution in [1.82, 2.24) is 20.6 Å². The second kappa shape index (κ2) is 12.2. The number of hydrogen-bond acceptors (Lipinski definition) is 11. The Hall–Kier alpha value is -4.36. The summed E-state index contributed by atoms with van der Waals surface area (Å²) in [5, 5.41) is 16.3. The van der Waals surface area contributed by atoms with Gasteiger partial charge in [0, 0.05) is 55.9 Å². The number of nitrogens with one attached hydrogen (secondary N) is 2. The molecular formula is C26H38N8O6. The summed E-state index contributed by atoms with van der Waals surface area (Å²) in [6.45, 7) is 13.6. The van der Waals surface area contributed by atoms with E-state index in [0.717, 1.165) is 24.5 Å². The molecule has 0 aliphatic carbocycles. The second-order valence-electron chi connectivity index (χ2n) is 11.6. The van der Waals surface area contributed by atoms with Crippen molar-refractivity contribution in [3.8, 4) is 0 Å². The van der Waals surface area contributed by atoms with Gasteiger partial charge in [-0.2, -0.15) is 0 Å². The Morgan fingerprint density at radius 2 is 1.30 bits per heavy atom. The number of ether oxygens (including phenoxy) is 2. The van der Waals surface area contributed by atoms with Crippen LogP contribution in [-0.4, -0.2) is 76.5 Å². The molecule has 4 heterocycles. The summed E-state index contributed by atoms with van der Waals surface area (Å²) in [6, 6.07) is 6.95. The number of aromatic nitrogens is 2. The molecule has 218 valence electrons. The molecule has 0 atom stereocenters. The summed E-state index contributed by atoms with van der Waals surface area (Å²) < 4.78 is 10.4. The van der Waals surface area contributed by atoms with Gasteiger partial charge in [-0.15, -0.1) is 0 Å². The van der Waals surface area contributed by atoms with E-state index in [2.05, 4.69) is 25.5 Å². The number of anilines is 3. The summed E-state index contributed by atoms with van der Waals surface area (Å²) in [5.74, 6) is 0.317. The number of pyridine rings is 2. The third-order valence-corrected chi connectivity index (χ3v) is 5.62. The number of nitrogens with two attached hydrogens (primary N) is 1. The Balaban J connectivity index is 0.000000222. The first-order chi connectivity index (χ1) is 18.6. The summed E-state index contributed by atoms with van der Waals surface area (Å²) in [4.78, 5) is 45.0. The van der Waals surface area contributed by atoms with Crippen LogP contribution in [0.3, 0.4) is 0 Å². The zero-order valence-electron chi connectivity index (χ0n) is 23.7. The Kier molecular flexibility index (Phi) is 9.22. The largest absolute Gasteiger partial charge is 0.444 e. The van der Waals surface area contributed by atoms with Crippen LogP contribution in [0.5, 0.6) is 0 Å². The lowest BCUT2D eigenvalue weighted by Crippen LogP contribution is -2.60. The molecule has 0 aromatic carbocycles. The summed E-state index contributed by atoms with van der Waals surface area (Å²) in [7, 11) is 0. The molecule has 0 spiro atoms. The lowest BCUT2D eigenvalue weighted by molar-refractivity contribution is -0.389. The molecule has 0 bridgehead atoms. The standard InChI is InChI=1S/C13H18N4O4.C13H20N4O2/c1-13(2,3)21-12(18)15-9-7-16(8-9)10-4-5-14-11(6-10)17(19)20;1-13(2,3)19-12(18)16-9-7-17(8-9)10-4-5-15-11(14)6-10/h4-6,9H,7-8H2,1-3H3,(H,15,18);4-6,9H,7-8H2,1-3H3,(H2,14,15)(H,16,18). The maximum atomic E-state index is 11.6. The van der Waals surface area contributed by atoms with Crippen molar-refractivity contribution in [3.63, 3.8) is 0 Å². The zero-order valence-corrected chi connectivity index (χ0v) is 23.7. The Labute approximate surface area is 233 Å². The van der Waals surface area contributed by atoms with E-state index in [1.54, 1.807) is 33.0 Å². The van der Waals surface area contributed by atoms with Crippen LogP contribution in [0.4, 0.5) is 32.6 Å². The molecular weight excluding hydrogens is 520 g/mol. The minimum Gasteiger partial charge on any atom is -0.444 e. The Morgan fingerprint density at radius 3 is 1.70 bits per heavy atom. The maximum absolute atomic E-state index is 11.6. The van der Waals surface area contributed by atoms with Gasteiger partial charge < -0.3 is 45.8 Å². The van der Waals surface area contributed by atoms with Gasteiger partial charge in [0.25, 0.3) is 0 Å². The van der Waals surface area contributed by atoms with Gasteiger partial charge in [-0.05, 0) is 57.5 Å². The number of hydrogen-bond donors (Lipinski definition) is 3. The fourth-order valence-corrected chi connectivity index (χ4v) is 3.85. The van der Waals surface area contributed by atoms with E-state index in [1.165, 1.54) is 12.3 Å². The average molecular weight is 559 g/mol. The van der Waals surface area contributed by atoms with E-state index < -0.39 is 22.2 Å². The number of carbonyl (C=O) groups is 2. The number of carbonyl (C=O) groups excluding carboxylic acids is 2. The van der Waals surface area contributed by atoms with Crippen molar-refractivity contribution in [3.05, 3.63) is 46.8 Å². The van der Waals surface area contributed by atoms with Crippen molar-refractivity contribution in [1.29, 1.82) is 0 Å². The Bertz CT molecular complexity index is 1200. The van der Waals surface area contributed by atoms with Crippen molar-refractivity contribution in [2.45, 2.75) is 64.8 Å². The van der Waals surface area contributed by atoms with Crippen LogP contribution in [0.2, 0.25) is 0 Å². The first-order valence-corrected chi connectivity index (χ1v) is 12.9. The molecule has 4 N–H and O–H groups in total. The van der Waals surface area contributed by atoms with Crippen LogP contribution in [0.15, 0.2) is 36.7 Å². The summed E-state index contributed by atoms with van der Waals surface area (Å²) >= 11 is 0. The van der Waals surface area contributed by atoms with Crippen LogP contribution >= 0.6 is 0 Å². The molecule has 14 nitrogen and oxygen atoms in total. The van der Waals surface area contributed by atoms with Crippen LogP contribution in [-0.2, 0) is 9.47 Å². The molecule has 0 saturated carbocycles. The van der Waals surface area contributed by atoms with Gasteiger partial charge in [0.2, 0.25) is 0 Å². The van der Waals surface area contributed by atoms with E-state index >= 15 is 0 Å². The fraction of sp³-hybridized carbons (Fsp3) is 0.538. The molecule has 40 heavy (non-hydrogen) atoms. The highest BCUT2D eigenvalue weighted by molar-refractivity contribution is 5.69. The number of nitro groups is 1. The van der Waals surface area contributed by atoms with Crippen molar-refractivity contribution in [2.24, 2.45) is 0 Å². The summed E-state index contributed by atoms with van der Waals surface area (Å²) in [5.41, 5.74) is 6.38. The Morgan fingerprint density at radius 1 is 0.875 bits per heavy atom. The third-order valence-electron chi connectivity index (χ3n) is 5.62. The van der Waals surface area contributed by atoms with Gasteiger partial charge in [0.05, 0.1) is 18.2 Å². The van der Waals surface area contributed by atoms with Crippen LogP contribution in [0, 0.1) is 10.1 Å². The van der Waals surface area contributed by atoms with E-state index in [0.29, 0.717) is 18.9 Å². The van der Waals surface area contributed by atoms with Gasteiger partial charge in [-0.1, -0.05) is 0 Å². The summed E-state index contributed by atoms with van der Waals surface area (Å²) in [6.07, 6.45) is 2.26. The second-order valence-corrected chi connectivity index (χ2v) is 11.6. The average Bonchev–Trinajstić information content (AvgIpc) is 2.76. The molecule has 2 aliphatic heterocycles. The highest BCUT2D eigenvalue weighted by Gasteiger charge is 2.31. The predicted octanol–water partition coefficient (Wildman–Crippen LogP) is 3.08. The number of alkyl carbamates (subject to hydrolysis) is 2. The van der Waals surface area contributed by atoms with Gasteiger partial charge in [0.15, 0.2) is 0 Å². The highest BCUT2D eigenvalue weighted by atomic mass is 16.6. The molecule has 2 fully saturated rings. The van der Waals surface area contributed by atoms with Crippen LogP contribution in [0.25, 0.3) is 0 Å². The molecule has 4 rings (SSSR count). The van der Waals surface area contributed by atoms with Crippen molar-refractivity contribution < 1.29 is 24.0 Å². The van der Waals surface area contributed by atoms with Crippen LogP contribution < -0.4 is 26.2 Å². The van der Waals surface area contributed by atoms with E-state index in [9.17, 15) is 19.7 Å². The molecule has 2 amide bonds. The first-order valence-electron chi connectivity index (χ1n) is 12.9. The minimum absolute atomic E-state index is 0.0212.